The molecule has 1 aliphatic carbocycles. The monoisotopic (exact) mass is 327 g/mol. The number of pyridine rings is 1. The molecule has 1 saturated carbocycles. The first kappa shape index (κ1) is 16.7. The van der Waals surface area contributed by atoms with Crippen molar-refractivity contribution < 1.29 is 9.90 Å². The molecule has 2 aromatic rings. The number of nitrogens with one attached hydrogen (secondary N) is 1. The number of hydrogen-bond donors (Lipinski definition) is 2. The molecule has 24 heavy (non-hydrogen) atoms. The van der Waals surface area contributed by atoms with Crippen LogP contribution in [0, 0.1) is 19.8 Å². The van der Waals surface area contributed by atoms with Crippen LogP contribution in [-0.2, 0) is 6.54 Å². The van der Waals surface area contributed by atoms with Gasteiger partial charge in [0.15, 0.2) is 0 Å². The van der Waals surface area contributed by atoms with Gasteiger partial charge >= 0.3 is 0 Å². The van der Waals surface area contributed by atoms with E-state index in [4.69, 9.17) is 0 Å². The SMILES string of the molecule is CCn1c(C)cc(C(=O)N[C@@H](c2ccccn2)C2CC(O)C2)c1C. The molecule has 2 N–H and O–H groups in total. The van der Waals surface area contributed by atoms with Crippen LogP contribution in [0.15, 0.2) is 30.5 Å². The first-order chi connectivity index (χ1) is 11.5. The molecule has 3 rings (SSSR count). The molecule has 0 bridgehead atoms. The summed E-state index contributed by atoms with van der Waals surface area (Å²) in [7, 11) is 0. The quantitative estimate of drug-likeness (QED) is 0.887. The highest BCUT2D eigenvalue weighted by Crippen LogP contribution is 2.37. The standard InChI is InChI=1S/C19H25N3O2/c1-4-22-12(2)9-16(13(22)3)19(24)21-18(14-10-15(23)11-14)17-7-5-6-8-20-17/h5-9,14-15,18,23H,4,10-11H2,1-3H3,(H,21,24)/t14?,15?,18-/m1/s1. The average molecular weight is 327 g/mol. The Bertz CT molecular complexity index is 718. The van der Waals surface area contributed by atoms with Crippen molar-refractivity contribution in [2.75, 3.05) is 0 Å². The Hall–Kier alpha value is -2.14. The lowest BCUT2D eigenvalue weighted by Crippen LogP contribution is -2.41. The highest BCUT2D eigenvalue weighted by molar-refractivity contribution is 5.96. The van der Waals surface area contributed by atoms with Gasteiger partial charge in [0, 0.05) is 24.1 Å². The molecule has 1 fully saturated rings. The maximum Gasteiger partial charge on any atom is 0.253 e. The number of aromatic nitrogens is 2. The zero-order valence-electron chi connectivity index (χ0n) is 14.5. The Labute approximate surface area is 142 Å². The van der Waals surface area contributed by atoms with Gasteiger partial charge in [-0.05, 0) is 57.7 Å². The zero-order valence-corrected chi connectivity index (χ0v) is 14.5. The van der Waals surface area contributed by atoms with Gasteiger partial charge in [-0.1, -0.05) is 6.07 Å². The van der Waals surface area contributed by atoms with E-state index in [1.165, 1.54) is 0 Å². The van der Waals surface area contributed by atoms with Gasteiger partial charge < -0.3 is 15.0 Å². The van der Waals surface area contributed by atoms with E-state index in [0.29, 0.717) is 12.8 Å². The minimum atomic E-state index is -0.261. The van der Waals surface area contributed by atoms with Gasteiger partial charge in [-0.15, -0.1) is 0 Å². The molecule has 0 saturated heterocycles. The summed E-state index contributed by atoms with van der Waals surface area (Å²) in [5.74, 6) is 0.161. The summed E-state index contributed by atoms with van der Waals surface area (Å²) in [5, 5.41) is 12.8. The Balaban J connectivity index is 1.84. The number of carbonyl (C=O) groups is 1. The van der Waals surface area contributed by atoms with Crippen molar-refractivity contribution in [1.82, 2.24) is 14.9 Å². The molecule has 0 spiro atoms. The summed E-state index contributed by atoms with van der Waals surface area (Å²) in [5.41, 5.74) is 3.65. The molecule has 2 aromatic heterocycles. The fraction of sp³-hybridized carbons (Fsp3) is 0.474. The van der Waals surface area contributed by atoms with Crippen LogP contribution in [0.1, 0.15) is 53.2 Å². The Morgan fingerprint density at radius 1 is 1.42 bits per heavy atom. The van der Waals surface area contributed by atoms with Crippen LogP contribution >= 0.6 is 0 Å². The van der Waals surface area contributed by atoms with Crippen LogP contribution in [0.5, 0.6) is 0 Å². The van der Waals surface area contributed by atoms with Crippen LogP contribution in [0.4, 0.5) is 0 Å². The number of aliphatic hydroxyl groups is 1. The summed E-state index contributed by atoms with van der Waals surface area (Å²) in [6.45, 7) is 6.93. The Morgan fingerprint density at radius 3 is 2.71 bits per heavy atom. The van der Waals surface area contributed by atoms with Crippen LogP contribution in [0.25, 0.3) is 0 Å². The molecule has 1 aliphatic rings. The van der Waals surface area contributed by atoms with Crippen molar-refractivity contribution in [3.05, 3.63) is 53.1 Å². The maximum atomic E-state index is 12.8. The first-order valence-electron chi connectivity index (χ1n) is 8.57. The van der Waals surface area contributed by atoms with Crippen molar-refractivity contribution in [3.8, 4) is 0 Å². The fourth-order valence-electron chi connectivity index (χ4n) is 3.63. The van der Waals surface area contributed by atoms with E-state index >= 15 is 0 Å². The number of aryl methyl sites for hydroxylation is 1. The van der Waals surface area contributed by atoms with Crippen LogP contribution in [-0.4, -0.2) is 26.7 Å². The van der Waals surface area contributed by atoms with Crippen LogP contribution < -0.4 is 5.32 Å². The molecule has 0 aliphatic heterocycles. The number of rotatable bonds is 5. The second-order valence-electron chi connectivity index (χ2n) is 6.62. The normalized spacial score (nSPS) is 21.2. The molecule has 2 heterocycles. The summed E-state index contributed by atoms with van der Waals surface area (Å²) >= 11 is 0. The van der Waals surface area contributed by atoms with Crippen molar-refractivity contribution in [2.45, 2.75) is 52.3 Å². The fourth-order valence-corrected chi connectivity index (χ4v) is 3.63. The number of carbonyl (C=O) groups excluding carboxylic acids is 1. The molecule has 128 valence electrons. The van der Waals surface area contributed by atoms with Crippen molar-refractivity contribution in [1.29, 1.82) is 0 Å². The highest BCUT2D eigenvalue weighted by Gasteiger charge is 2.36. The molecular weight excluding hydrogens is 302 g/mol. The maximum absolute atomic E-state index is 12.8. The third-order valence-corrected chi connectivity index (χ3v) is 5.05. The van der Waals surface area contributed by atoms with E-state index in [2.05, 4.69) is 21.8 Å². The number of nitrogens with zero attached hydrogens (tertiary/aromatic N) is 2. The summed E-state index contributed by atoms with van der Waals surface area (Å²) < 4.78 is 2.14. The van der Waals surface area contributed by atoms with Gasteiger partial charge in [0.05, 0.1) is 23.4 Å². The van der Waals surface area contributed by atoms with Crippen molar-refractivity contribution in [2.24, 2.45) is 5.92 Å². The highest BCUT2D eigenvalue weighted by atomic mass is 16.3. The van der Waals surface area contributed by atoms with Gasteiger partial charge in [-0.2, -0.15) is 0 Å². The van der Waals surface area contributed by atoms with E-state index in [9.17, 15) is 9.90 Å². The van der Waals surface area contributed by atoms with Crippen molar-refractivity contribution >= 4 is 5.91 Å². The average Bonchev–Trinajstić information content (AvgIpc) is 2.84. The predicted octanol–water partition coefficient (Wildman–Crippen LogP) is 2.76. The van der Waals surface area contributed by atoms with E-state index in [1.54, 1.807) is 6.20 Å². The summed E-state index contributed by atoms with van der Waals surface area (Å²) in [6.07, 6.45) is 2.89. The van der Waals surface area contributed by atoms with E-state index in [1.807, 2.05) is 38.1 Å². The largest absolute Gasteiger partial charge is 0.393 e. The van der Waals surface area contributed by atoms with Crippen LogP contribution in [0.2, 0.25) is 0 Å². The molecule has 1 atom stereocenters. The van der Waals surface area contributed by atoms with Gasteiger partial charge in [0.2, 0.25) is 0 Å². The topological polar surface area (TPSA) is 67.2 Å². The minimum absolute atomic E-state index is 0.0696. The van der Waals surface area contributed by atoms with Gasteiger partial charge in [0.25, 0.3) is 5.91 Å². The van der Waals surface area contributed by atoms with Gasteiger partial charge in [0.1, 0.15) is 0 Å². The van der Waals surface area contributed by atoms with Gasteiger partial charge in [-0.25, -0.2) is 0 Å². The molecular formula is C19H25N3O2. The summed E-state index contributed by atoms with van der Waals surface area (Å²) in [4.78, 5) is 17.3. The number of aliphatic hydroxyl groups excluding tert-OH is 1. The third-order valence-electron chi connectivity index (χ3n) is 5.05. The van der Waals surface area contributed by atoms with E-state index < -0.39 is 0 Å². The Morgan fingerprint density at radius 2 is 2.17 bits per heavy atom. The van der Waals surface area contributed by atoms with Crippen molar-refractivity contribution in [3.63, 3.8) is 0 Å². The van der Waals surface area contributed by atoms with E-state index in [-0.39, 0.29) is 24.0 Å². The molecule has 5 nitrogen and oxygen atoms in total. The Kier molecular flexibility index (Phi) is 4.71. The zero-order chi connectivity index (χ0) is 17.3. The smallest absolute Gasteiger partial charge is 0.253 e. The second-order valence-corrected chi connectivity index (χ2v) is 6.62. The molecule has 0 radical (unpaired) electrons. The van der Waals surface area contributed by atoms with Crippen LogP contribution in [0.3, 0.4) is 0 Å². The lowest BCUT2D eigenvalue weighted by atomic mass is 9.76. The number of amides is 1. The molecule has 0 unspecified atom stereocenters. The lowest BCUT2D eigenvalue weighted by Gasteiger charge is -2.37. The molecule has 0 aromatic carbocycles. The third kappa shape index (κ3) is 3.08. The second kappa shape index (κ2) is 6.77. The van der Waals surface area contributed by atoms with Gasteiger partial charge in [-0.3, -0.25) is 9.78 Å². The predicted molar refractivity (Wildman–Crippen MR) is 92.8 cm³/mol. The number of hydrogen-bond acceptors (Lipinski definition) is 3. The van der Waals surface area contributed by atoms with E-state index in [0.717, 1.165) is 29.2 Å². The lowest BCUT2D eigenvalue weighted by molar-refractivity contribution is 0.0228. The summed E-state index contributed by atoms with van der Waals surface area (Å²) in [6, 6.07) is 7.52. The first-order valence-corrected chi connectivity index (χ1v) is 8.57. The molecule has 5 heteroatoms. The minimum Gasteiger partial charge on any atom is -0.393 e. The molecule has 1 amide bonds.